The molecule has 0 unspecified atom stereocenters. The van der Waals surface area contributed by atoms with Crippen molar-refractivity contribution in [2.24, 2.45) is 0 Å². The topological polar surface area (TPSA) is 52.1 Å². The third kappa shape index (κ3) is 4.90. The summed E-state index contributed by atoms with van der Waals surface area (Å²) in [5, 5.41) is 5.21. The van der Waals surface area contributed by atoms with Crippen molar-refractivity contribution >= 4 is 54.5 Å². The summed E-state index contributed by atoms with van der Waals surface area (Å²) in [6.45, 7) is 9.53. The van der Waals surface area contributed by atoms with Crippen LogP contribution in [0.15, 0.2) is 106 Å². The van der Waals surface area contributed by atoms with Crippen molar-refractivity contribution in [2.45, 2.75) is 63.7 Å². The predicted molar refractivity (Wildman–Crippen MR) is 192 cm³/mol. The van der Waals surface area contributed by atoms with Gasteiger partial charge in [0.1, 0.15) is 11.0 Å². The van der Waals surface area contributed by atoms with Crippen molar-refractivity contribution in [2.75, 3.05) is 0 Å². The largest absolute Gasteiger partial charge is 0.440 e. The van der Waals surface area contributed by atoms with Crippen molar-refractivity contribution in [3.63, 3.8) is 0 Å². The zero-order chi connectivity index (χ0) is 37.0. The molecule has 0 bridgehead atoms. The van der Waals surface area contributed by atoms with E-state index in [2.05, 4.69) is 4.98 Å². The van der Waals surface area contributed by atoms with Crippen LogP contribution in [0.5, 0.6) is 0 Å². The first-order valence-corrected chi connectivity index (χ1v) is 16.8. The molecule has 0 saturated carbocycles. The van der Waals surface area contributed by atoms with Gasteiger partial charge in [-0.1, -0.05) is 107 Å². The number of aromatic nitrogens is 2. The first-order valence-electron chi connectivity index (χ1n) is 16.8. The van der Waals surface area contributed by atoms with E-state index in [4.69, 9.17) is 13.8 Å². The third-order valence-electron chi connectivity index (χ3n) is 9.98. The Balaban J connectivity index is 1.30. The van der Waals surface area contributed by atoms with Gasteiger partial charge in [-0.2, -0.15) is 26.3 Å². The van der Waals surface area contributed by atoms with E-state index >= 15 is 0 Å². The Labute approximate surface area is 294 Å². The minimum atomic E-state index is -5.70. The van der Waals surface area contributed by atoms with Crippen LogP contribution in [-0.2, 0) is 10.8 Å². The van der Waals surface area contributed by atoms with Gasteiger partial charge in [0.15, 0.2) is 17.1 Å². The molecule has 52 heavy (non-hydrogen) atoms. The number of halogens is 6. The van der Waals surface area contributed by atoms with Gasteiger partial charge < -0.3 is 8.83 Å². The van der Waals surface area contributed by atoms with Crippen LogP contribution in [0.25, 0.3) is 66.0 Å². The van der Waals surface area contributed by atoms with Gasteiger partial charge in [0.25, 0.3) is 0 Å². The van der Waals surface area contributed by atoms with Gasteiger partial charge in [0, 0.05) is 22.3 Å². The van der Waals surface area contributed by atoms with Gasteiger partial charge >= 0.3 is 12.4 Å². The molecule has 8 aromatic rings. The summed E-state index contributed by atoms with van der Waals surface area (Å²) in [6, 6.07) is 24.0. The maximum atomic E-state index is 14.9. The number of hydrogen-bond acceptors (Lipinski definition) is 4. The fourth-order valence-corrected chi connectivity index (χ4v) is 7.34. The van der Waals surface area contributed by atoms with Crippen LogP contribution >= 0.6 is 0 Å². The van der Waals surface area contributed by atoms with E-state index in [9.17, 15) is 26.3 Å². The fraction of sp³-hybridized carbons (Fsp3) is 0.238. The Bertz CT molecular complexity index is 2620. The van der Waals surface area contributed by atoms with Gasteiger partial charge in [-0.15, -0.1) is 0 Å². The van der Waals surface area contributed by atoms with E-state index in [1.807, 2.05) is 77.1 Å². The lowest BCUT2D eigenvalue weighted by molar-refractivity contribution is -0.288. The van der Waals surface area contributed by atoms with Crippen molar-refractivity contribution in [1.82, 2.24) is 9.97 Å². The number of hydrogen-bond donors (Lipinski definition) is 0. The lowest BCUT2D eigenvalue weighted by atomic mass is 9.72. The first-order chi connectivity index (χ1) is 24.5. The Hall–Kier alpha value is -5.38. The summed E-state index contributed by atoms with van der Waals surface area (Å²) in [5.41, 5.74) is -3.42. The van der Waals surface area contributed by atoms with Gasteiger partial charge in [-0.05, 0) is 67.9 Å². The second-order valence-corrected chi connectivity index (χ2v) is 14.6. The van der Waals surface area contributed by atoms with E-state index in [1.54, 1.807) is 6.07 Å². The average Bonchev–Trinajstić information content (AvgIpc) is 3.72. The molecule has 0 aliphatic rings. The Morgan fingerprint density at radius 3 is 1.44 bits per heavy atom. The number of alkyl halides is 6. The van der Waals surface area contributed by atoms with E-state index in [0.29, 0.717) is 28.1 Å². The van der Waals surface area contributed by atoms with Crippen LogP contribution in [0.2, 0.25) is 0 Å². The normalized spacial score (nSPS) is 13.5. The fourth-order valence-electron chi connectivity index (χ4n) is 7.34. The monoisotopic (exact) mass is 710 g/mol. The van der Waals surface area contributed by atoms with Gasteiger partial charge in [-0.25, -0.2) is 9.97 Å². The van der Waals surface area contributed by atoms with Gasteiger partial charge in [0.2, 0.25) is 11.3 Å². The summed E-state index contributed by atoms with van der Waals surface area (Å²) in [6.07, 6.45) is -11.4. The van der Waals surface area contributed by atoms with Gasteiger partial charge in [-0.3, -0.25) is 0 Å². The second kappa shape index (κ2) is 11.3. The zero-order valence-corrected chi connectivity index (χ0v) is 28.8. The summed E-state index contributed by atoms with van der Waals surface area (Å²) in [7, 11) is 0. The van der Waals surface area contributed by atoms with E-state index in [1.165, 1.54) is 24.3 Å². The van der Waals surface area contributed by atoms with Crippen LogP contribution in [0.3, 0.4) is 0 Å². The molecule has 0 fully saturated rings. The maximum absolute atomic E-state index is 14.9. The number of oxazole rings is 2. The smallest absolute Gasteiger partial charge is 0.411 e. The number of nitrogens with zero attached hydrogens (tertiary/aromatic N) is 2. The molecule has 6 aromatic carbocycles. The van der Waals surface area contributed by atoms with Crippen molar-refractivity contribution < 1.29 is 35.2 Å². The van der Waals surface area contributed by atoms with Crippen LogP contribution in [0.4, 0.5) is 26.3 Å². The lowest BCUT2D eigenvalue weighted by Gasteiger charge is -2.38. The molecule has 0 aliphatic heterocycles. The SMILES string of the molecule is CC(C)c1nc2ccc3c4ccc5nc(-c6ccc(C(c7ccc(C(C)(C)C)cc7)(C(F)(F)F)C(F)(F)F)cc6)oc5c4c4ccccc4c3c2o1. The van der Waals surface area contributed by atoms with Crippen molar-refractivity contribution in [3.8, 4) is 11.5 Å². The molecular weight excluding hydrogens is 678 g/mol. The summed E-state index contributed by atoms with van der Waals surface area (Å²) >= 11 is 0. The van der Waals surface area contributed by atoms with Gasteiger partial charge in [0.05, 0.1) is 0 Å². The molecule has 4 nitrogen and oxygen atoms in total. The van der Waals surface area contributed by atoms with E-state index in [-0.39, 0.29) is 17.4 Å². The standard InChI is InChI=1S/C42H32F6N2O2/c1-22(2)37-49-31-20-18-29-30-19-21-32-36(34(30)28-9-7-6-8-27(28)33(29)35(31)51-37)52-38(50-32)23-10-12-25(13-11-23)40(41(43,44)45,42(46,47)48)26-16-14-24(15-17-26)39(3,4)5/h6-22H,1-5H3. The molecule has 0 radical (unpaired) electrons. The molecule has 2 heterocycles. The quantitative estimate of drug-likeness (QED) is 0.135. The molecule has 0 amide bonds. The third-order valence-corrected chi connectivity index (χ3v) is 9.98. The number of fused-ring (bicyclic) bond motifs is 10. The molecule has 10 heteroatoms. The van der Waals surface area contributed by atoms with Crippen LogP contribution in [-0.4, -0.2) is 22.3 Å². The highest BCUT2D eigenvalue weighted by molar-refractivity contribution is 6.33. The van der Waals surface area contributed by atoms with Crippen molar-refractivity contribution in [1.29, 1.82) is 0 Å². The minimum absolute atomic E-state index is 0.0598. The Kier molecular flexibility index (Phi) is 7.34. The van der Waals surface area contributed by atoms with Crippen LogP contribution < -0.4 is 0 Å². The molecule has 8 rings (SSSR count). The molecule has 0 aliphatic carbocycles. The molecule has 264 valence electrons. The second-order valence-electron chi connectivity index (χ2n) is 14.6. The summed E-state index contributed by atoms with van der Waals surface area (Å²) in [5.74, 6) is 0.785. The van der Waals surface area contributed by atoms with E-state index < -0.39 is 34.3 Å². The summed E-state index contributed by atoms with van der Waals surface area (Å²) < 4.78 is 102. The van der Waals surface area contributed by atoms with E-state index in [0.717, 1.165) is 62.1 Å². The number of benzene rings is 6. The summed E-state index contributed by atoms with van der Waals surface area (Å²) in [4.78, 5) is 9.33. The average molecular weight is 711 g/mol. The van der Waals surface area contributed by atoms with Crippen LogP contribution in [0, 0.1) is 0 Å². The molecule has 0 N–H and O–H groups in total. The molecule has 0 spiro atoms. The molecule has 2 aromatic heterocycles. The Morgan fingerprint density at radius 1 is 0.519 bits per heavy atom. The first kappa shape index (κ1) is 33.7. The zero-order valence-electron chi connectivity index (χ0n) is 28.8. The highest BCUT2D eigenvalue weighted by Crippen LogP contribution is 2.56. The maximum Gasteiger partial charge on any atom is 0.411 e. The highest BCUT2D eigenvalue weighted by Gasteiger charge is 2.72. The number of rotatable bonds is 4. The molecule has 0 atom stereocenters. The lowest BCUT2D eigenvalue weighted by Crippen LogP contribution is -2.54. The minimum Gasteiger partial charge on any atom is -0.440 e. The molecular formula is C42H32F6N2O2. The molecule has 0 saturated heterocycles. The Morgan fingerprint density at radius 2 is 0.962 bits per heavy atom. The highest BCUT2D eigenvalue weighted by atomic mass is 19.4. The van der Waals surface area contributed by atoms with Crippen LogP contribution in [0.1, 0.15) is 63.1 Å². The predicted octanol–water partition coefficient (Wildman–Crippen LogP) is 12.9. The van der Waals surface area contributed by atoms with Crippen molar-refractivity contribution in [3.05, 3.63) is 120 Å².